The summed E-state index contributed by atoms with van der Waals surface area (Å²) >= 11 is 0. The average Bonchev–Trinajstić information content (AvgIpc) is 1.79. The lowest BCUT2D eigenvalue weighted by atomic mass is 9.89. The Kier molecular flexibility index (Phi) is 35.4. The van der Waals surface area contributed by atoms with Crippen molar-refractivity contribution in [3.8, 4) is 0 Å². The quantitative estimate of drug-likeness (QED) is 0.0333. The number of likely N-dealkylation sites (N-methyl/N-ethyl adjacent to an activating group) is 2. The van der Waals surface area contributed by atoms with Crippen molar-refractivity contribution in [1.29, 1.82) is 0 Å². The van der Waals surface area contributed by atoms with Crippen LogP contribution in [-0.2, 0) is 79.8 Å². The van der Waals surface area contributed by atoms with Crippen LogP contribution in [0.15, 0.2) is 66.7 Å². The first-order valence-corrected chi connectivity index (χ1v) is 36.8. The van der Waals surface area contributed by atoms with Crippen molar-refractivity contribution in [2.75, 3.05) is 73.4 Å². The molecule has 3 aliphatic heterocycles. The highest BCUT2D eigenvalue weighted by atomic mass is 16.5. The third-order valence-electron chi connectivity index (χ3n) is 20.0. The van der Waals surface area contributed by atoms with Gasteiger partial charge in [0.05, 0.1) is 42.7 Å². The van der Waals surface area contributed by atoms with Gasteiger partial charge < -0.3 is 82.5 Å². The van der Waals surface area contributed by atoms with Gasteiger partial charge in [-0.2, -0.15) is 0 Å². The summed E-state index contributed by atoms with van der Waals surface area (Å²) in [5.74, 6) is -6.98. The summed E-state index contributed by atoms with van der Waals surface area (Å²) in [6.45, 7) is 17.3. The number of nitrogens with one attached hydrogen (secondary N) is 8. The van der Waals surface area contributed by atoms with E-state index in [0.717, 1.165) is 16.0 Å². The Labute approximate surface area is 617 Å². The molecule has 30 heteroatoms. The van der Waals surface area contributed by atoms with E-state index in [2.05, 4.69) is 42.5 Å². The molecule has 2 fully saturated rings. The van der Waals surface area contributed by atoms with Gasteiger partial charge in [0, 0.05) is 84.7 Å². The molecule has 2 saturated heterocycles. The third kappa shape index (κ3) is 25.7. The van der Waals surface area contributed by atoms with E-state index >= 15 is 0 Å². The topological polar surface area (TPSA) is 408 Å². The van der Waals surface area contributed by atoms with E-state index in [-0.39, 0.29) is 106 Å². The Morgan fingerprint density at radius 2 is 1.32 bits per heavy atom. The molecule has 0 saturated carbocycles. The maximum atomic E-state index is 14.7. The number of anilines is 1. The minimum atomic E-state index is -1.73. The summed E-state index contributed by atoms with van der Waals surface area (Å²) < 4.78 is 17.9. The lowest BCUT2D eigenvalue weighted by Gasteiger charge is -2.41. The van der Waals surface area contributed by atoms with Crippen molar-refractivity contribution in [3.05, 3.63) is 77.9 Å². The molecule has 2 aromatic carbocycles. The van der Waals surface area contributed by atoms with Gasteiger partial charge in [0.1, 0.15) is 42.5 Å². The maximum absolute atomic E-state index is 14.7. The van der Waals surface area contributed by atoms with Crippen LogP contribution < -0.4 is 48.3 Å². The molecule has 15 atom stereocenters. The summed E-state index contributed by atoms with van der Waals surface area (Å²) in [7, 11) is 8.37. The molecule has 6 unspecified atom stereocenters. The number of hydrogen-bond acceptors (Lipinski definition) is 18. The number of ether oxygens (including phenoxy) is 3. The Morgan fingerprint density at radius 1 is 0.676 bits per heavy atom. The third-order valence-corrected chi connectivity index (χ3v) is 20.0. The molecule has 0 spiro atoms. The lowest BCUT2D eigenvalue weighted by Crippen LogP contribution is -2.59. The number of rotatable bonds is 43. The van der Waals surface area contributed by atoms with Crippen molar-refractivity contribution in [2.24, 2.45) is 35.3 Å². The highest BCUT2D eigenvalue weighted by Gasteiger charge is 2.48. The largest absolute Gasteiger partial charge is 0.388 e. The van der Waals surface area contributed by atoms with Crippen LogP contribution in [0.2, 0.25) is 0 Å². The second-order valence-corrected chi connectivity index (χ2v) is 29.0. The first kappa shape index (κ1) is 87.2. The summed E-state index contributed by atoms with van der Waals surface area (Å²) in [6.07, 6.45) is -1.22. The summed E-state index contributed by atoms with van der Waals surface area (Å²) in [5.41, 5.74) is 7.19. The normalized spacial score (nSPS) is 20.1. The van der Waals surface area contributed by atoms with Crippen LogP contribution in [-0.4, -0.2) is 248 Å². The Bertz CT molecular complexity index is 3240. The van der Waals surface area contributed by atoms with E-state index in [1.807, 2.05) is 90.9 Å². The van der Waals surface area contributed by atoms with Crippen molar-refractivity contribution in [2.45, 2.75) is 218 Å². The number of hydrogen-bond donors (Lipinski definition) is 11. The number of likely N-dealkylation sites (tertiary alicyclic amines) is 1. The van der Waals surface area contributed by atoms with Crippen molar-refractivity contribution < 1.29 is 82.0 Å². The molecule has 3 aliphatic rings. The number of benzene rings is 2. The zero-order valence-electron chi connectivity index (χ0n) is 63.6. The minimum Gasteiger partial charge on any atom is -0.388 e. The van der Waals surface area contributed by atoms with Crippen LogP contribution in [0.4, 0.5) is 10.5 Å². The molecule has 0 aliphatic carbocycles. The van der Waals surface area contributed by atoms with Crippen LogP contribution in [0.3, 0.4) is 0 Å². The number of nitrogens with two attached hydrogens (primary N) is 1. The lowest BCUT2D eigenvalue weighted by molar-refractivity contribution is -0.148. The van der Waals surface area contributed by atoms with Gasteiger partial charge in [-0.25, -0.2) is 4.79 Å². The van der Waals surface area contributed by atoms with Gasteiger partial charge in [0.2, 0.25) is 47.3 Å². The number of unbranched alkanes of at least 4 members (excludes halogenated alkanes) is 2. The predicted molar refractivity (Wildman–Crippen MR) is 393 cm³/mol. The molecule has 0 radical (unpaired) electrons. The van der Waals surface area contributed by atoms with E-state index in [4.69, 9.17) is 19.9 Å². The van der Waals surface area contributed by atoms with Gasteiger partial charge in [0.15, 0.2) is 6.10 Å². The SMILES string of the molecule is CC[C@H](C)[C@@H]([C@@H](CC(=O)N1CCC[C@H]1[C@H](OC)[C@@H](C)C(=O)NC(Cc1ccccc1)C(=O)NCCc1ccc(NC(=O)[C@@H](CCCNC(N)=O)NC(=O)C(NC(=O)[C@@H]2O[C@H](CNC(=O)CCCCCN3C(=O)C=CC3=O)C(O)C2O)C(C)C)cc1)OC)N(C)C(=O)C(NC(=O)C(C(C)C)N(C)C)C(C)C. The highest BCUT2D eigenvalue weighted by molar-refractivity contribution is 6.12. The molecule has 5 rings (SSSR count). The molecule has 3 heterocycles. The number of imide groups is 1. The fourth-order valence-corrected chi connectivity index (χ4v) is 13.8. The summed E-state index contributed by atoms with van der Waals surface area (Å²) in [5, 5.41) is 43.9. The molecule has 30 nitrogen and oxygen atoms in total. The predicted octanol–water partition coefficient (Wildman–Crippen LogP) is 1.82. The first-order valence-electron chi connectivity index (χ1n) is 36.8. The molecule has 12 N–H and O–H groups in total. The minimum absolute atomic E-state index is 0.00972. The number of aliphatic hydroxyl groups is 2. The van der Waals surface area contributed by atoms with Gasteiger partial charge in [-0.3, -0.25) is 62.5 Å². The van der Waals surface area contributed by atoms with Gasteiger partial charge in [-0.15, -0.1) is 0 Å². The molecule has 13 amide bonds. The van der Waals surface area contributed by atoms with E-state index in [1.54, 1.807) is 61.9 Å². The summed E-state index contributed by atoms with van der Waals surface area (Å²) in [4.78, 5) is 167. The number of carbonyl (C=O) groups is 12. The van der Waals surface area contributed by atoms with Gasteiger partial charge in [-0.05, 0) is 106 Å². The molecular formula is C75H117N13O17. The zero-order valence-corrected chi connectivity index (χ0v) is 63.6. The molecule has 0 aromatic heterocycles. The van der Waals surface area contributed by atoms with Crippen LogP contribution in [0, 0.1) is 29.6 Å². The molecule has 584 valence electrons. The zero-order chi connectivity index (χ0) is 77.9. The van der Waals surface area contributed by atoms with Crippen LogP contribution >= 0.6 is 0 Å². The highest BCUT2D eigenvalue weighted by Crippen LogP contribution is 2.31. The average molecular weight is 1470 g/mol. The van der Waals surface area contributed by atoms with E-state index in [9.17, 15) is 67.7 Å². The van der Waals surface area contributed by atoms with Gasteiger partial charge in [-0.1, -0.05) is 118 Å². The number of methoxy groups -OCH3 is 2. The van der Waals surface area contributed by atoms with E-state index in [0.29, 0.717) is 57.2 Å². The van der Waals surface area contributed by atoms with Crippen molar-refractivity contribution in [3.63, 3.8) is 0 Å². The number of primary amides is 1. The monoisotopic (exact) mass is 1470 g/mol. The molecule has 0 bridgehead atoms. The van der Waals surface area contributed by atoms with Crippen molar-refractivity contribution in [1.82, 2.24) is 56.8 Å². The Hall–Kier alpha value is -8.42. The number of urea groups is 1. The fraction of sp³-hybridized carbons (Fsp3) is 0.653. The molecule has 2 aromatic rings. The summed E-state index contributed by atoms with van der Waals surface area (Å²) in [6, 6.07) is 9.32. The fourth-order valence-electron chi connectivity index (χ4n) is 13.8. The van der Waals surface area contributed by atoms with Crippen LogP contribution in [0.25, 0.3) is 0 Å². The molecular weight excluding hydrogens is 1350 g/mol. The van der Waals surface area contributed by atoms with Crippen LogP contribution in [0.5, 0.6) is 0 Å². The Balaban J connectivity index is 1.18. The number of amides is 13. The number of aliphatic hydroxyl groups excluding tert-OH is 2. The van der Waals surface area contributed by atoms with E-state index < -0.39 is 132 Å². The van der Waals surface area contributed by atoms with Crippen molar-refractivity contribution >= 4 is 76.7 Å². The smallest absolute Gasteiger partial charge is 0.312 e. The first-order chi connectivity index (χ1) is 49.7. The van der Waals surface area contributed by atoms with E-state index in [1.165, 1.54) is 26.4 Å². The van der Waals surface area contributed by atoms with Crippen LogP contribution in [0.1, 0.15) is 138 Å². The second-order valence-electron chi connectivity index (χ2n) is 29.0. The molecule has 105 heavy (non-hydrogen) atoms. The van der Waals surface area contributed by atoms with Gasteiger partial charge in [0.25, 0.3) is 17.7 Å². The number of nitrogens with zero attached hydrogens (tertiary/aromatic N) is 4. The maximum Gasteiger partial charge on any atom is 0.312 e. The Morgan fingerprint density at radius 3 is 1.91 bits per heavy atom. The second kappa shape index (κ2) is 42.7. The van der Waals surface area contributed by atoms with Gasteiger partial charge >= 0.3 is 6.03 Å². The number of carbonyl (C=O) groups excluding carboxylic acids is 12. The standard InChI is InChI=1S/C75H117N13O17/c1-15-46(8)63(86(12)74(101)61(44(4)5)84-72(99)62(45(6)7)85(10)11)54(103-13)41-59(92)87-39-23-27-53(87)66(104-14)47(9)68(95)82-52(40-49-24-18-16-19-25-49)69(96)77-37-35-48-29-31-50(32-30-48)80-70(97)51(26-22-36-78-75(76)102)81-71(98)60(43(2)3)83-73(100)67-65(94)64(93)55(105-67)42-79-56(89)28-20-17-21-38-88-57(90)33-34-58(88)91/h16,18-19,24-25,29-34,43-47,51-55,60-67,93-94H,15,17,20-23,26-28,35-42H2,1-14H3,(H,77,96)(H,79,89)(H,80,97)(H,81,98)(H,82,95)(H,83,100)(H,84,99)(H3,76,78,102)/t46-,47+,51+,52?,53-,54+,55+,60?,61?,62?,63-,64?,65?,66+,67+/m0/s1.